The summed E-state index contributed by atoms with van der Waals surface area (Å²) in [5, 5.41) is 17.1. The van der Waals surface area contributed by atoms with Gasteiger partial charge in [-0.1, -0.05) is 39.8 Å². The van der Waals surface area contributed by atoms with E-state index in [2.05, 4.69) is 29.4 Å². The number of halogens is 2. The summed E-state index contributed by atoms with van der Waals surface area (Å²) in [5.41, 5.74) is 6.93. The number of benzene rings is 1. The fourth-order valence-corrected chi connectivity index (χ4v) is 4.84. The fourth-order valence-electron chi connectivity index (χ4n) is 4.84. The van der Waals surface area contributed by atoms with Crippen molar-refractivity contribution in [1.29, 1.82) is 0 Å². The normalized spacial score (nSPS) is 16.5. The Morgan fingerprint density at radius 2 is 1.69 bits per heavy atom. The first-order valence-electron chi connectivity index (χ1n) is 14.6. The van der Waals surface area contributed by atoms with Gasteiger partial charge in [-0.3, -0.25) is 14.5 Å². The van der Waals surface area contributed by atoms with Gasteiger partial charge in [-0.25, -0.2) is 0 Å². The Morgan fingerprint density at radius 3 is 2.31 bits per heavy atom. The highest BCUT2D eigenvalue weighted by molar-refractivity contribution is 5.96. The van der Waals surface area contributed by atoms with Crippen molar-refractivity contribution in [1.82, 2.24) is 15.5 Å². The number of hydrogen-bond donors (Lipinski definition) is 4. The third-order valence-corrected chi connectivity index (χ3v) is 7.68. The summed E-state index contributed by atoms with van der Waals surface area (Å²) < 4.78 is 16.1. The van der Waals surface area contributed by atoms with Gasteiger partial charge in [0.15, 0.2) is 0 Å². The van der Waals surface area contributed by atoms with Crippen molar-refractivity contribution in [2.45, 2.75) is 52.7 Å². The maximum Gasteiger partial charge on any atom is 0.255 e. The maximum absolute atomic E-state index is 13.0. The van der Waals surface area contributed by atoms with Crippen molar-refractivity contribution < 1.29 is 28.9 Å². The number of carbonyl (C=O) groups is 2. The number of nitrogens with zero attached hydrogens (tertiary/aromatic N) is 1. The summed E-state index contributed by atoms with van der Waals surface area (Å²) in [6.45, 7) is 13.9. The average Bonchev–Trinajstić information content (AvgIpc) is 2.94. The molecule has 0 bridgehead atoms. The first-order valence-corrected chi connectivity index (χ1v) is 14.6. The van der Waals surface area contributed by atoms with Crippen LogP contribution in [0.2, 0.25) is 0 Å². The van der Waals surface area contributed by atoms with Gasteiger partial charge in [0.1, 0.15) is 12.4 Å². The summed E-state index contributed by atoms with van der Waals surface area (Å²) >= 11 is 0. The van der Waals surface area contributed by atoms with Crippen molar-refractivity contribution in [3.63, 3.8) is 0 Å². The van der Waals surface area contributed by atoms with Crippen LogP contribution in [0.3, 0.4) is 0 Å². The molecule has 1 aliphatic rings. The number of aliphatic hydroxyl groups is 1. The lowest BCUT2D eigenvalue weighted by Gasteiger charge is -2.30. The summed E-state index contributed by atoms with van der Waals surface area (Å²) in [6, 6.07) is 6.60. The highest BCUT2D eigenvalue weighted by atomic mass is 35.5. The zero-order valence-corrected chi connectivity index (χ0v) is 27.5. The smallest absolute Gasteiger partial charge is 0.255 e. The fraction of sp³-hybridized carbons (Fsp3) is 0.733. The van der Waals surface area contributed by atoms with Gasteiger partial charge in [0.25, 0.3) is 5.91 Å². The van der Waals surface area contributed by atoms with E-state index in [-0.39, 0.29) is 60.3 Å². The van der Waals surface area contributed by atoms with Crippen molar-refractivity contribution in [2.75, 3.05) is 66.3 Å². The molecule has 244 valence electrons. The van der Waals surface area contributed by atoms with Crippen LogP contribution in [-0.4, -0.2) is 100 Å². The number of para-hydroxylation sites is 1. The third-order valence-electron chi connectivity index (χ3n) is 7.68. The Bertz CT molecular complexity index is 889. The lowest BCUT2D eigenvalue weighted by Crippen LogP contribution is -2.45. The maximum atomic E-state index is 13.0. The van der Waals surface area contributed by atoms with Gasteiger partial charge in [-0.05, 0) is 42.7 Å². The van der Waals surface area contributed by atoms with Crippen LogP contribution in [0, 0.1) is 23.7 Å². The number of amides is 2. The molecule has 2 amide bonds. The van der Waals surface area contributed by atoms with Gasteiger partial charge in [-0.15, -0.1) is 24.8 Å². The second-order valence-electron chi connectivity index (χ2n) is 11.3. The van der Waals surface area contributed by atoms with Crippen LogP contribution < -0.4 is 21.1 Å². The van der Waals surface area contributed by atoms with Gasteiger partial charge < -0.3 is 35.7 Å². The van der Waals surface area contributed by atoms with E-state index in [1.54, 1.807) is 25.3 Å². The topological polar surface area (TPSA) is 135 Å². The van der Waals surface area contributed by atoms with E-state index in [9.17, 15) is 14.7 Å². The Kier molecular flexibility index (Phi) is 21.1. The van der Waals surface area contributed by atoms with E-state index in [0.717, 1.165) is 32.8 Å². The van der Waals surface area contributed by atoms with Gasteiger partial charge in [0.2, 0.25) is 5.91 Å². The van der Waals surface area contributed by atoms with Gasteiger partial charge in [-0.2, -0.15) is 0 Å². The van der Waals surface area contributed by atoms with Crippen molar-refractivity contribution >= 4 is 36.6 Å². The number of nitrogens with two attached hydrogens (primary N) is 1. The van der Waals surface area contributed by atoms with E-state index >= 15 is 0 Å². The molecule has 1 aromatic carbocycles. The Morgan fingerprint density at radius 1 is 1.02 bits per heavy atom. The van der Waals surface area contributed by atoms with Crippen LogP contribution in [0.4, 0.5) is 0 Å². The first-order chi connectivity index (χ1) is 19.1. The zero-order valence-electron chi connectivity index (χ0n) is 25.9. The molecule has 1 aromatic rings. The second-order valence-corrected chi connectivity index (χ2v) is 11.3. The molecular formula is C30H54Cl2N4O6. The zero-order chi connectivity index (χ0) is 29.5. The molecule has 4 atom stereocenters. The van der Waals surface area contributed by atoms with Crippen LogP contribution in [0.1, 0.15) is 50.9 Å². The number of carbonyl (C=O) groups excluding carboxylic acids is 2. The SMILES string of the molecule is COCCOc1ccccc1C(=O)NC[C@@H](C[C@H](N)[C@@H](O)C[C@H](C(=O)NCCN1CCOCC1)C(C)C)C(C)C.Cl.Cl. The van der Waals surface area contributed by atoms with Gasteiger partial charge in [0.05, 0.1) is 31.5 Å². The average molecular weight is 638 g/mol. The molecule has 42 heavy (non-hydrogen) atoms. The molecule has 0 unspecified atom stereocenters. The molecule has 10 nitrogen and oxygen atoms in total. The second kappa shape index (κ2) is 21.9. The van der Waals surface area contributed by atoms with E-state index in [1.807, 2.05) is 19.9 Å². The van der Waals surface area contributed by atoms with Crippen molar-refractivity contribution in [2.24, 2.45) is 29.4 Å². The molecule has 2 rings (SSSR count). The minimum absolute atomic E-state index is 0. The lowest BCUT2D eigenvalue weighted by molar-refractivity contribution is -0.127. The van der Waals surface area contributed by atoms with Gasteiger partial charge >= 0.3 is 0 Å². The molecule has 1 fully saturated rings. The number of morpholine rings is 1. The molecule has 0 saturated carbocycles. The molecule has 0 aromatic heterocycles. The minimum atomic E-state index is -0.829. The Labute approximate surface area is 264 Å². The van der Waals surface area contributed by atoms with E-state index in [0.29, 0.717) is 50.5 Å². The van der Waals surface area contributed by atoms with Gasteiger partial charge in [0, 0.05) is 51.8 Å². The number of nitrogens with one attached hydrogen (secondary N) is 2. The summed E-state index contributed by atoms with van der Waals surface area (Å²) in [6.07, 6.45) is -0.00980. The molecule has 1 saturated heterocycles. The molecule has 0 radical (unpaired) electrons. The molecule has 1 aliphatic heterocycles. The standard InChI is InChI=1S/C30H52N4O6.2ClH/c1-21(2)23(20-33-29(36)24-8-6-7-9-28(24)40-17-16-38-5)18-26(31)27(35)19-25(22(3)4)30(37)32-10-11-34-12-14-39-15-13-34;;/h6-9,21-23,25-27,35H,10-20,31H2,1-5H3,(H,32,37)(H,33,36);2*1H/t23-,25+,26+,27+;;/m1../s1. The Hall–Kier alpha value is -1.66. The first kappa shape index (κ1) is 40.3. The molecule has 0 aliphatic carbocycles. The predicted molar refractivity (Wildman–Crippen MR) is 171 cm³/mol. The third kappa shape index (κ3) is 14.2. The number of ether oxygens (including phenoxy) is 3. The summed E-state index contributed by atoms with van der Waals surface area (Å²) in [5.74, 6) is 0.253. The number of methoxy groups -OCH3 is 1. The molecule has 12 heteroatoms. The number of aliphatic hydroxyl groups excluding tert-OH is 1. The van der Waals surface area contributed by atoms with Crippen LogP contribution in [0.25, 0.3) is 0 Å². The summed E-state index contributed by atoms with van der Waals surface area (Å²) in [7, 11) is 1.60. The van der Waals surface area contributed by atoms with E-state index < -0.39 is 12.1 Å². The molecule has 5 N–H and O–H groups in total. The van der Waals surface area contributed by atoms with Crippen molar-refractivity contribution in [3.8, 4) is 5.75 Å². The highest BCUT2D eigenvalue weighted by Crippen LogP contribution is 2.24. The minimum Gasteiger partial charge on any atom is -0.490 e. The number of rotatable bonds is 18. The summed E-state index contributed by atoms with van der Waals surface area (Å²) in [4.78, 5) is 28.2. The van der Waals surface area contributed by atoms with Crippen LogP contribution >= 0.6 is 24.8 Å². The lowest BCUT2D eigenvalue weighted by atomic mass is 9.83. The quantitative estimate of drug-likeness (QED) is 0.181. The van der Waals surface area contributed by atoms with Crippen molar-refractivity contribution in [3.05, 3.63) is 29.8 Å². The van der Waals surface area contributed by atoms with E-state index in [4.69, 9.17) is 19.9 Å². The van der Waals surface area contributed by atoms with Crippen LogP contribution in [0.15, 0.2) is 24.3 Å². The predicted octanol–water partition coefficient (Wildman–Crippen LogP) is 2.75. The highest BCUT2D eigenvalue weighted by Gasteiger charge is 2.30. The molecule has 1 heterocycles. The molecular weight excluding hydrogens is 583 g/mol. The molecule has 0 spiro atoms. The largest absolute Gasteiger partial charge is 0.490 e. The van der Waals surface area contributed by atoms with E-state index in [1.165, 1.54) is 0 Å². The Balaban J connectivity index is 0.00000840. The monoisotopic (exact) mass is 636 g/mol. The number of hydrogen-bond acceptors (Lipinski definition) is 8. The van der Waals surface area contributed by atoms with Crippen LogP contribution in [-0.2, 0) is 14.3 Å². The van der Waals surface area contributed by atoms with Crippen LogP contribution in [0.5, 0.6) is 5.75 Å².